The second-order valence-corrected chi connectivity index (χ2v) is 4.28. The third-order valence-corrected chi connectivity index (χ3v) is 3.04. The molecule has 1 aromatic heterocycles. The highest BCUT2D eigenvalue weighted by molar-refractivity contribution is 9.10. The zero-order valence-corrected chi connectivity index (χ0v) is 9.54. The summed E-state index contributed by atoms with van der Waals surface area (Å²) >= 11 is 4.95. The Morgan fingerprint density at radius 3 is 3.00 bits per heavy atom. The first-order valence-electron chi connectivity index (χ1n) is 4.18. The molecule has 4 heteroatoms. The van der Waals surface area contributed by atoms with Gasteiger partial charge in [0.05, 0.1) is 0 Å². The van der Waals surface area contributed by atoms with Gasteiger partial charge in [0, 0.05) is 11.9 Å². The highest BCUT2D eigenvalue weighted by atomic mass is 79.9. The molecule has 0 aromatic carbocycles. The number of halogens is 1. The zero-order valence-electron chi connectivity index (χ0n) is 7.14. The van der Waals surface area contributed by atoms with Crippen LogP contribution in [0.1, 0.15) is 26.2 Å². The number of hydrogen-bond acceptors (Lipinski definition) is 3. The summed E-state index contributed by atoms with van der Waals surface area (Å²) in [4.78, 5) is 4.23. The molecule has 0 aliphatic rings. The lowest BCUT2D eigenvalue weighted by Gasteiger charge is -1.99. The van der Waals surface area contributed by atoms with Gasteiger partial charge in [0.15, 0.2) is 5.13 Å². The van der Waals surface area contributed by atoms with Gasteiger partial charge in [-0.05, 0) is 22.4 Å². The minimum absolute atomic E-state index is 0.922. The molecule has 0 bridgehead atoms. The molecule has 0 spiro atoms. The van der Waals surface area contributed by atoms with E-state index in [0.29, 0.717) is 0 Å². The van der Waals surface area contributed by atoms with Gasteiger partial charge in [-0.1, -0.05) is 19.8 Å². The van der Waals surface area contributed by atoms with Crippen molar-refractivity contribution in [2.75, 3.05) is 11.9 Å². The number of aromatic nitrogens is 1. The normalized spacial score (nSPS) is 10.2. The minimum Gasteiger partial charge on any atom is -0.361 e. The minimum atomic E-state index is 0.922. The van der Waals surface area contributed by atoms with E-state index >= 15 is 0 Å². The van der Waals surface area contributed by atoms with E-state index in [0.717, 1.165) is 16.3 Å². The summed E-state index contributed by atoms with van der Waals surface area (Å²) in [6, 6.07) is 0. The molecular formula is C8H13BrN2S. The maximum absolute atomic E-state index is 4.23. The predicted molar refractivity (Wildman–Crippen MR) is 57.8 cm³/mol. The van der Waals surface area contributed by atoms with Crippen LogP contribution in [0.3, 0.4) is 0 Å². The Bertz CT molecular complexity index is 225. The van der Waals surface area contributed by atoms with Crippen molar-refractivity contribution in [3.05, 3.63) is 9.98 Å². The first-order valence-corrected chi connectivity index (χ1v) is 5.85. The maximum atomic E-state index is 4.23. The molecule has 2 nitrogen and oxygen atoms in total. The molecule has 1 heterocycles. The van der Waals surface area contributed by atoms with Crippen molar-refractivity contribution < 1.29 is 0 Å². The van der Waals surface area contributed by atoms with Crippen LogP contribution in [0.25, 0.3) is 0 Å². The summed E-state index contributed by atoms with van der Waals surface area (Å²) < 4.78 is 0.922. The fraction of sp³-hybridized carbons (Fsp3) is 0.625. The fourth-order valence-electron chi connectivity index (χ4n) is 0.906. The number of rotatable bonds is 5. The standard InChI is InChI=1S/C8H13BrN2S/c1-2-3-4-5-10-8-11-7(9)6-12-8/h6H,2-5H2,1H3,(H,10,11). The van der Waals surface area contributed by atoms with Crippen LogP contribution in [0.15, 0.2) is 9.98 Å². The van der Waals surface area contributed by atoms with E-state index in [1.807, 2.05) is 5.38 Å². The average molecular weight is 249 g/mol. The molecule has 0 saturated heterocycles. The van der Waals surface area contributed by atoms with Crippen molar-refractivity contribution >= 4 is 32.4 Å². The van der Waals surface area contributed by atoms with Gasteiger partial charge in [0.2, 0.25) is 0 Å². The van der Waals surface area contributed by atoms with E-state index < -0.39 is 0 Å². The van der Waals surface area contributed by atoms with Gasteiger partial charge in [-0.3, -0.25) is 0 Å². The molecule has 1 rings (SSSR count). The van der Waals surface area contributed by atoms with Gasteiger partial charge in [0.1, 0.15) is 4.60 Å². The Balaban J connectivity index is 2.15. The molecule has 1 N–H and O–H groups in total. The Kier molecular flexibility index (Phi) is 4.61. The Morgan fingerprint density at radius 1 is 1.58 bits per heavy atom. The van der Waals surface area contributed by atoms with Gasteiger partial charge in [-0.25, -0.2) is 4.98 Å². The number of hydrogen-bond donors (Lipinski definition) is 1. The molecule has 0 radical (unpaired) electrons. The zero-order chi connectivity index (χ0) is 8.81. The van der Waals surface area contributed by atoms with Crippen LogP contribution in [-0.4, -0.2) is 11.5 Å². The van der Waals surface area contributed by atoms with Gasteiger partial charge >= 0.3 is 0 Å². The van der Waals surface area contributed by atoms with E-state index in [4.69, 9.17) is 0 Å². The van der Waals surface area contributed by atoms with Crippen LogP contribution in [0.4, 0.5) is 5.13 Å². The third-order valence-electron chi connectivity index (χ3n) is 1.53. The topological polar surface area (TPSA) is 24.9 Å². The van der Waals surface area contributed by atoms with E-state index in [2.05, 4.69) is 33.2 Å². The quantitative estimate of drug-likeness (QED) is 0.808. The lowest BCUT2D eigenvalue weighted by molar-refractivity contribution is 0.743. The average Bonchev–Trinajstić information content (AvgIpc) is 2.45. The summed E-state index contributed by atoms with van der Waals surface area (Å²) in [5.74, 6) is 0. The molecule has 0 aliphatic heterocycles. The lowest BCUT2D eigenvalue weighted by atomic mass is 10.2. The second kappa shape index (κ2) is 5.54. The summed E-state index contributed by atoms with van der Waals surface area (Å²) in [6.45, 7) is 3.24. The highest BCUT2D eigenvalue weighted by Gasteiger charge is 1.96. The van der Waals surface area contributed by atoms with Gasteiger partial charge in [-0.15, -0.1) is 11.3 Å². The second-order valence-electron chi connectivity index (χ2n) is 2.61. The van der Waals surface area contributed by atoms with Crippen LogP contribution in [0.2, 0.25) is 0 Å². The first kappa shape index (κ1) is 9.99. The SMILES string of the molecule is CCCCCNc1nc(Br)cs1. The third kappa shape index (κ3) is 3.54. The van der Waals surface area contributed by atoms with Crippen molar-refractivity contribution in [1.29, 1.82) is 0 Å². The summed E-state index contributed by atoms with van der Waals surface area (Å²) in [5, 5.41) is 6.28. The Hall–Kier alpha value is -0.0900. The van der Waals surface area contributed by atoms with Crippen molar-refractivity contribution in [1.82, 2.24) is 4.98 Å². The number of anilines is 1. The smallest absolute Gasteiger partial charge is 0.183 e. The first-order chi connectivity index (χ1) is 5.83. The highest BCUT2D eigenvalue weighted by Crippen LogP contribution is 2.19. The maximum Gasteiger partial charge on any atom is 0.183 e. The molecule has 1 aromatic rings. The summed E-state index contributed by atoms with van der Waals surface area (Å²) in [7, 11) is 0. The van der Waals surface area contributed by atoms with Crippen molar-refractivity contribution in [3.63, 3.8) is 0 Å². The van der Waals surface area contributed by atoms with E-state index in [-0.39, 0.29) is 0 Å². The molecule has 0 saturated carbocycles. The van der Waals surface area contributed by atoms with Crippen LogP contribution in [-0.2, 0) is 0 Å². The Morgan fingerprint density at radius 2 is 2.42 bits per heavy atom. The number of unbranched alkanes of at least 4 members (excludes halogenated alkanes) is 2. The summed E-state index contributed by atoms with van der Waals surface area (Å²) in [6.07, 6.45) is 3.79. The molecule has 0 fully saturated rings. The van der Waals surface area contributed by atoms with Crippen molar-refractivity contribution in [2.24, 2.45) is 0 Å². The lowest BCUT2D eigenvalue weighted by Crippen LogP contribution is -2.00. The number of nitrogens with zero attached hydrogens (tertiary/aromatic N) is 1. The van der Waals surface area contributed by atoms with Gasteiger partial charge in [0.25, 0.3) is 0 Å². The molecular weight excluding hydrogens is 236 g/mol. The molecule has 0 unspecified atom stereocenters. The van der Waals surface area contributed by atoms with Crippen molar-refractivity contribution in [3.8, 4) is 0 Å². The van der Waals surface area contributed by atoms with Crippen molar-refractivity contribution in [2.45, 2.75) is 26.2 Å². The van der Waals surface area contributed by atoms with Crippen LogP contribution >= 0.6 is 27.3 Å². The monoisotopic (exact) mass is 248 g/mol. The predicted octanol–water partition coefficient (Wildman–Crippen LogP) is 3.51. The molecule has 0 amide bonds. The molecule has 12 heavy (non-hydrogen) atoms. The Labute approximate surface area is 85.5 Å². The van der Waals surface area contributed by atoms with E-state index in [1.54, 1.807) is 11.3 Å². The van der Waals surface area contributed by atoms with Gasteiger partial charge < -0.3 is 5.32 Å². The summed E-state index contributed by atoms with van der Waals surface area (Å²) in [5.41, 5.74) is 0. The molecule has 0 aliphatic carbocycles. The van der Waals surface area contributed by atoms with E-state index in [1.165, 1.54) is 19.3 Å². The largest absolute Gasteiger partial charge is 0.361 e. The molecule has 68 valence electrons. The van der Waals surface area contributed by atoms with Crippen LogP contribution < -0.4 is 5.32 Å². The number of nitrogens with one attached hydrogen (secondary N) is 1. The molecule has 0 atom stereocenters. The van der Waals surface area contributed by atoms with Crippen LogP contribution in [0.5, 0.6) is 0 Å². The van der Waals surface area contributed by atoms with E-state index in [9.17, 15) is 0 Å². The fourth-order valence-corrected chi connectivity index (χ4v) is 2.08. The number of thiazole rings is 1. The van der Waals surface area contributed by atoms with Gasteiger partial charge in [-0.2, -0.15) is 0 Å². The van der Waals surface area contributed by atoms with Crippen LogP contribution in [0, 0.1) is 0 Å².